The molecule has 0 unspecified atom stereocenters. The molecule has 0 radical (unpaired) electrons. The zero-order valence-electron chi connectivity index (χ0n) is 12.6. The average molecular weight is 346 g/mol. The van der Waals surface area contributed by atoms with E-state index in [-0.39, 0.29) is 10.5 Å². The van der Waals surface area contributed by atoms with Gasteiger partial charge in [0, 0.05) is 17.1 Å². The first-order valence-corrected chi connectivity index (χ1v) is 8.36. The summed E-state index contributed by atoms with van der Waals surface area (Å²) < 4.78 is 31.9. The van der Waals surface area contributed by atoms with Crippen LogP contribution in [0.4, 0.5) is 0 Å². The topological polar surface area (TPSA) is 97.6 Å². The van der Waals surface area contributed by atoms with Crippen molar-refractivity contribution in [2.24, 2.45) is 0 Å². The molecule has 2 aromatic carbocycles. The number of carbonyl (C=O) groups is 1. The summed E-state index contributed by atoms with van der Waals surface area (Å²) in [6.45, 7) is 0. The highest BCUT2D eigenvalue weighted by atomic mass is 32.2. The zero-order valence-corrected chi connectivity index (χ0v) is 13.4. The van der Waals surface area contributed by atoms with Crippen molar-refractivity contribution in [3.63, 3.8) is 0 Å². The number of nitrogens with zero attached hydrogens (tertiary/aromatic N) is 1. The van der Waals surface area contributed by atoms with E-state index in [1.807, 2.05) is 0 Å². The van der Waals surface area contributed by atoms with Crippen molar-refractivity contribution < 1.29 is 23.2 Å². The minimum absolute atomic E-state index is 0.0327. The quantitative estimate of drug-likeness (QED) is 0.556. The van der Waals surface area contributed by atoms with Crippen LogP contribution in [-0.4, -0.2) is 30.6 Å². The largest absolute Gasteiger partial charge is 0.497 e. The van der Waals surface area contributed by atoms with Crippen LogP contribution >= 0.6 is 0 Å². The third-order valence-electron chi connectivity index (χ3n) is 3.64. The van der Waals surface area contributed by atoms with Gasteiger partial charge in [-0.3, -0.25) is 10.0 Å². The third kappa shape index (κ3) is 2.61. The Morgan fingerprint density at radius 1 is 1.12 bits per heavy atom. The second-order valence-electron chi connectivity index (χ2n) is 5.01. The van der Waals surface area contributed by atoms with Gasteiger partial charge in [0.05, 0.1) is 17.5 Å². The second-order valence-corrected chi connectivity index (χ2v) is 6.82. The lowest BCUT2D eigenvalue weighted by Crippen LogP contribution is -2.18. The van der Waals surface area contributed by atoms with Gasteiger partial charge in [-0.1, -0.05) is 0 Å². The minimum Gasteiger partial charge on any atom is -0.497 e. The molecule has 0 aliphatic rings. The maximum absolute atomic E-state index is 12.8. The van der Waals surface area contributed by atoms with E-state index in [9.17, 15) is 13.2 Å². The molecule has 1 aromatic heterocycles. The molecule has 3 rings (SSSR count). The van der Waals surface area contributed by atoms with E-state index in [2.05, 4.69) is 0 Å². The molecule has 124 valence electrons. The van der Waals surface area contributed by atoms with E-state index < -0.39 is 15.9 Å². The molecule has 0 spiro atoms. The van der Waals surface area contributed by atoms with Crippen LogP contribution < -0.4 is 10.2 Å². The Balaban J connectivity index is 2.06. The Morgan fingerprint density at radius 3 is 2.46 bits per heavy atom. The van der Waals surface area contributed by atoms with Gasteiger partial charge >= 0.3 is 0 Å². The van der Waals surface area contributed by atoms with Crippen molar-refractivity contribution >= 4 is 26.8 Å². The Labute approximate surface area is 138 Å². The van der Waals surface area contributed by atoms with Crippen molar-refractivity contribution in [3.8, 4) is 5.75 Å². The smallest absolute Gasteiger partial charge is 0.274 e. The first-order chi connectivity index (χ1) is 11.5. The van der Waals surface area contributed by atoms with E-state index in [0.29, 0.717) is 11.3 Å². The van der Waals surface area contributed by atoms with Crippen molar-refractivity contribution in [1.82, 2.24) is 9.45 Å². The number of hydroxylamine groups is 1. The van der Waals surface area contributed by atoms with E-state index >= 15 is 0 Å². The highest BCUT2D eigenvalue weighted by Gasteiger charge is 2.19. The number of hydrogen-bond acceptors (Lipinski definition) is 5. The monoisotopic (exact) mass is 346 g/mol. The SMILES string of the molecule is COc1ccc2c(ccn2S(=O)(=O)c2ccc(C(=O)NO)cc2)c1. The van der Waals surface area contributed by atoms with Crippen LogP contribution in [-0.2, 0) is 10.0 Å². The number of methoxy groups -OCH3 is 1. The molecule has 0 atom stereocenters. The van der Waals surface area contributed by atoms with Gasteiger partial charge in [-0.25, -0.2) is 17.9 Å². The lowest BCUT2D eigenvalue weighted by Gasteiger charge is -2.09. The van der Waals surface area contributed by atoms with Crippen LogP contribution in [0.15, 0.2) is 59.6 Å². The molecule has 7 nitrogen and oxygen atoms in total. The van der Waals surface area contributed by atoms with Gasteiger partial charge in [-0.2, -0.15) is 0 Å². The molecule has 0 bridgehead atoms. The summed E-state index contributed by atoms with van der Waals surface area (Å²) >= 11 is 0. The summed E-state index contributed by atoms with van der Waals surface area (Å²) in [7, 11) is -2.27. The van der Waals surface area contributed by atoms with Gasteiger partial charge < -0.3 is 4.74 Å². The summed E-state index contributed by atoms with van der Waals surface area (Å²) in [5.41, 5.74) is 2.17. The lowest BCUT2D eigenvalue weighted by molar-refractivity contribution is 0.0706. The van der Waals surface area contributed by atoms with Crippen molar-refractivity contribution in [3.05, 3.63) is 60.3 Å². The molecule has 8 heteroatoms. The molecule has 0 aliphatic heterocycles. The van der Waals surface area contributed by atoms with Gasteiger partial charge in [0.25, 0.3) is 15.9 Å². The molecule has 3 aromatic rings. The van der Waals surface area contributed by atoms with Crippen LogP contribution in [0.2, 0.25) is 0 Å². The van der Waals surface area contributed by atoms with Gasteiger partial charge in [-0.15, -0.1) is 0 Å². The maximum atomic E-state index is 12.8. The number of benzene rings is 2. The summed E-state index contributed by atoms with van der Waals surface area (Å²) in [6, 6.07) is 12.1. The van der Waals surface area contributed by atoms with E-state index in [1.54, 1.807) is 31.4 Å². The fourth-order valence-corrected chi connectivity index (χ4v) is 3.74. The van der Waals surface area contributed by atoms with Crippen molar-refractivity contribution in [2.75, 3.05) is 7.11 Å². The molecule has 1 heterocycles. The zero-order chi connectivity index (χ0) is 17.3. The van der Waals surface area contributed by atoms with Crippen LogP contribution in [0.3, 0.4) is 0 Å². The van der Waals surface area contributed by atoms with E-state index in [4.69, 9.17) is 9.94 Å². The highest BCUT2D eigenvalue weighted by Crippen LogP contribution is 2.25. The van der Waals surface area contributed by atoms with Gasteiger partial charge in [-0.05, 0) is 48.5 Å². The predicted octanol–water partition coefficient (Wildman–Crippen LogP) is 2.01. The molecular weight excluding hydrogens is 332 g/mol. The number of fused-ring (bicyclic) bond motifs is 1. The number of amides is 1. The number of nitrogens with one attached hydrogen (secondary N) is 1. The number of rotatable bonds is 4. The van der Waals surface area contributed by atoms with Crippen molar-refractivity contribution in [2.45, 2.75) is 4.90 Å². The molecule has 1 amide bonds. The summed E-state index contributed by atoms with van der Waals surface area (Å²) in [6.07, 6.45) is 1.47. The molecule has 0 aliphatic carbocycles. The third-order valence-corrected chi connectivity index (χ3v) is 5.34. The first-order valence-electron chi connectivity index (χ1n) is 6.92. The van der Waals surface area contributed by atoms with Gasteiger partial charge in [0.15, 0.2) is 0 Å². The van der Waals surface area contributed by atoms with Crippen LogP contribution in [0.25, 0.3) is 10.9 Å². The second kappa shape index (κ2) is 5.99. The summed E-state index contributed by atoms with van der Waals surface area (Å²) in [5, 5.41) is 9.33. The van der Waals surface area contributed by atoms with Crippen LogP contribution in [0, 0.1) is 0 Å². The standard InChI is InChI=1S/C16H14N2O5S/c1-23-13-4-7-15-12(10-13)8-9-18(15)24(21,22)14-5-2-11(3-6-14)16(19)17-20/h2-10,20H,1H3,(H,17,19). The highest BCUT2D eigenvalue weighted by molar-refractivity contribution is 7.90. The molecule has 2 N–H and O–H groups in total. The maximum Gasteiger partial charge on any atom is 0.274 e. The molecule has 0 saturated heterocycles. The first kappa shape index (κ1) is 16.0. The molecule has 0 saturated carbocycles. The Hall–Kier alpha value is -2.84. The number of carbonyl (C=O) groups excluding carboxylic acids is 1. The Kier molecular flexibility index (Phi) is 4.00. The fraction of sp³-hybridized carbons (Fsp3) is 0.0625. The predicted molar refractivity (Wildman–Crippen MR) is 86.8 cm³/mol. The average Bonchev–Trinajstić information content (AvgIpc) is 3.04. The van der Waals surface area contributed by atoms with Crippen molar-refractivity contribution in [1.29, 1.82) is 0 Å². The molecule has 24 heavy (non-hydrogen) atoms. The summed E-state index contributed by atoms with van der Waals surface area (Å²) in [4.78, 5) is 11.3. The van der Waals surface area contributed by atoms with Gasteiger partial charge in [0.2, 0.25) is 0 Å². The molecule has 0 fully saturated rings. The Morgan fingerprint density at radius 2 is 1.83 bits per heavy atom. The number of aromatic nitrogens is 1. The number of hydrogen-bond donors (Lipinski definition) is 2. The fourth-order valence-electron chi connectivity index (χ4n) is 2.39. The van der Waals surface area contributed by atoms with E-state index in [0.717, 1.165) is 5.39 Å². The Bertz CT molecular complexity index is 1010. The number of ether oxygens (including phenoxy) is 1. The summed E-state index contributed by atoms with van der Waals surface area (Å²) in [5.74, 6) is -0.0746. The lowest BCUT2D eigenvalue weighted by atomic mass is 10.2. The normalized spacial score (nSPS) is 11.4. The van der Waals surface area contributed by atoms with Gasteiger partial charge in [0.1, 0.15) is 5.75 Å². The van der Waals surface area contributed by atoms with Crippen LogP contribution in [0.1, 0.15) is 10.4 Å². The molecular formula is C16H14N2O5S. The van der Waals surface area contributed by atoms with Crippen LogP contribution in [0.5, 0.6) is 5.75 Å². The minimum atomic E-state index is -3.81. The van der Waals surface area contributed by atoms with E-state index in [1.165, 1.54) is 39.9 Å².